The third-order valence-electron chi connectivity index (χ3n) is 7.64. The summed E-state index contributed by atoms with van der Waals surface area (Å²) in [6.45, 7) is 6.77. The van der Waals surface area contributed by atoms with Gasteiger partial charge in [0.05, 0.1) is 5.56 Å². The van der Waals surface area contributed by atoms with Crippen molar-refractivity contribution in [1.29, 1.82) is 0 Å². The van der Waals surface area contributed by atoms with Crippen LogP contribution in [0.1, 0.15) is 80.6 Å². The molecule has 1 aliphatic heterocycles. The summed E-state index contributed by atoms with van der Waals surface area (Å²) in [5.74, 6) is -3.00. The fraction of sp³-hybridized carbons (Fsp3) is 0.720. The molecule has 0 bridgehead atoms. The number of rotatable bonds is 7. The Labute approximate surface area is 189 Å². The molecule has 0 radical (unpaired) electrons. The first-order valence-electron chi connectivity index (χ1n) is 12.2. The van der Waals surface area contributed by atoms with E-state index in [-0.39, 0.29) is 30.6 Å². The molecule has 0 unspecified atom stereocenters. The van der Waals surface area contributed by atoms with Gasteiger partial charge in [0.1, 0.15) is 11.9 Å². The van der Waals surface area contributed by atoms with Crippen molar-refractivity contribution in [2.45, 2.75) is 95.7 Å². The molecule has 4 rings (SSSR count). The standard InChI is InChI=1S/C25H36F2N2O3/c1-3-29(18-7-9-25(26,27)10-8-18)23-16-21(15-22(17(23)2)24(30)31)32-20-13-19(14-20)28-11-5-4-6-12-28/h15-16,18-20H,3-14H2,1-2H3,(H,30,31)/t19-,20-. The normalized spacial score (nSPS) is 26.4. The summed E-state index contributed by atoms with van der Waals surface area (Å²) in [6, 6.07) is 4.10. The Bertz CT molecular complexity index is 810. The second-order valence-corrected chi connectivity index (χ2v) is 9.75. The number of anilines is 1. The van der Waals surface area contributed by atoms with E-state index in [0.717, 1.165) is 18.5 Å². The van der Waals surface area contributed by atoms with Gasteiger partial charge in [-0.15, -0.1) is 0 Å². The van der Waals surface area contributed by atoms with E-state index < -0.39 is 11.9 Å². The number of aromatic carboxylic acids is 1. The Morgan fingerprint density at radius 2 is 1.84 bits per heavy atom. The molecule has 1 heterocycles. The molecule has 0 atom stereocenters. The van der Waals surface area contributed by atoms with E-state index >= 15 is 0 Å². The molecule has 2 aliphatic carbocycles. The number of carboxylic acid groups (broad SMARTS) is 1. The number of hydrogen-bond acceptors (Lipinski definition) is 4. The predicted octanol–water partition coefficient (Wildman–Crippen LogP) is 5.49. The van der Waals surface area contributed by atoms with Gasteiger partial charge in [0.25, 0.3) is 0 Å². The van der Waals surface area contributed by atoms with E-state index in [0.29, 0.717) is 36.7 Å². The van der Waals surface area contributed by atoms with E-state index in [2.05, 4.69) is 9.80 Å². The largest absolute Gasteiger partial charge is 0.490 e. The number of hydrogen-bond donors (Lipinski definition) is 1. The minimum Gasteiger partial charge on any atom is -0.490 e. The highest BCUT2D eigenvalue weighted by Crippen LogP contribution is 2.40. The maximum absolute atomic E-state index is 13.7. The minimum atomic E-state index is -2.59. The van der Waals surface area contributed by atoms with E-state index in [1.165, 1.54) is 32.4 Å². The number of ether oxygens (including phenoxy) is 1. The van der Waals surface area contributed by atoms with Crippen LogP contribution in [0.15, 0.2) is 12.1 Å². The summed E-state index contributed by atoms with van der Waals surface area (Å²) in [5, 5.41) is 9.79. The first kappa shape index (κ1) is 23.3. The van der Waals surface area contributed by atoms with Crippen LogP contribution in [0.2, 0.25) is 0 Å². The number of piperidine rings is 1. The molecular formula is C25H36F2N2O3. The quantitative estimate of drug-likeness (QED) is 0.595. The molecule has 1 aromatic carbocycles. The molecule has 3 fully saturated rings. The number of carbonyl (C=O) groups is 1. The van der Waals surface area contributed by atoms with Gasteiger partial charge < -0.3 is 19.6 Å². The highest BCUT2D eigenvalue weighted by molar-refractivity contribution is 5.92. The molecule has 7 heteroatoms. The maximum Gasteiger partial charge on any atom is 0.336 e. The van der Waals surface area contributed by atoms with Crippen molar-refractivity contribution in [3.05, 3.63) is 23.3 Å². The first-order valence-corrected chi connectivity index (χ1v) is 12.2. The van der Waals surface area contributed by atoms with Gasteiger partial charge in [-0.3, -0.25) is 0 Å². The van der Waals surface area contributed by atoms with E-state index in [1.807, 2.05) is 13.0 Å². The summed E-state index contributed by atoms with van der Waals surface area (Å²) in [5.41, 5.74) is 1.69. The Morgan fingerprint density at radius 1 is 1.19 bits per heavy atom. The van der Waals surface area contributed by atoms with Crippen molar-refractivity contribution in [1.82, 2.24) is 4.90 Å². The molecule has 1 saturated heterocycles. The van der Waals surface area contributed by atoms with Crippen LogP contribution in [0.3, 0.4) is 0 Å². The Balaban J connectivity index is 1.49. The average molecular weight is 451 g/mol. The lowest BCUT2D eigenvalue weighted by molar-refractivity contribution is -0.0380. The first-order chi connectivity index (χ1) is 15.3. The van der Waals surface area contributed by atoms with Gasteiger partial charge in [-0.25, -0.2) is 13.6 Å². The van der Waals surface area contributed by atoms with Gasteiger partial charge >= 0.3 is 5.97 Å². The lowest BCUT2D eigenvalue weighted by Crippen LogP contribution is -2.50. The zero-order valence-corrected chi connectivity index (χ0v) is 19.3. The van der Waals surface area contributed by atoms with Crippen LogP contribution in [0.25, 0.3) is 0 Å². The van der Waals surface area contributed by atoms with Crippen LogP contribution in [0.4, 0.5) is 14.5 Å². The van der Waals surface area contributed by atoms with Crippen LogP contribution in [-0.4, -0.2) is 59.7 Å². The lowest BCUT2D eigenvalue weighted by Gasteiger charge is -2.44. The fourth-order valence-electron chi connectivity index (χ4n) is 5.63. The summed E-state index contributed by atoms with van der Waals surface area (Å²) in [4.78, 5) is 16.6. The van der Waals surface area contributed by atoms with Crippen molar-refractivity contribution in [3.63, 3.8) is 0 Å². The second-order valence-electron chi connectivity index (χ2n) is 9.75. The number of nitrogens with zero attached hydrogens (tertiary/aromatic N) is 2. The lowest BCUT2D eigenvalue weighted by atomic mass is 9.86. The number of likely N-dealkylation sites (tertiary alicyclic amines) is 1. The third-order valence-corrected chi connectivity index (χ3v) is 7.64. The molecule has 0 amide bonds. The van der Waals surface area contributed by atoms with Crippen molar-refractivity contribution in [3.8, 4) is 5.75 Å². The van der Waals surface area contributed by atoms with Crippen LogP contribution in [0, 0.1) is 6.92 Å². The Morgan fingerprint density at radius 3 is 2.44 bits per heavy atom. The number of carboxylic acids is 1. The Hall–Kier alpha value is -1.89. The number of alkyl halides is 2. The maximum atomic E-state index is 13.7. The Kier molecular flexibility index (Phi) is 6.94. The molecule has 1 aromatic rings. The molecular weight excluding hydrogens is 414 g/mol. The molecule has 2 saturated carbocycles. The van der Waals surface area contributed by atoms with Gasteiger partial charge in [-0.1, -0.05) is 6.42 Å². The van der Waals surface area contributed by atoms with Crippen molar-refractivity contribution >= 4 is 11.7 Å². The van der Waals surface area contributed by atoms with Crippen LogP contribution in [-0.2, 0) is 0 Å². The second kappa shape index (κ2) is 9.54. The predicted molar refractivity (Wildman–Crippen MR) is 121 cm³/mol. The average Bonchev–Trinajstić information content (AvgIpc) is 2.74. The van der Waals surface area contributed by atoms with Gasteiger partial charge in [-0.2, -0.15) is 0 Å². The zero-order chi connectivity index (χ0) is 22.9. The van der Waals surface area contributed by atoms with Gasteiger partial charge in [0, 0.05) is 56.1 Å². The van der Waals surface area contributed by atoms with Crippen LogP contribution in [0.5, 0.6) is 5.75 Å². The molecule has 178 valence electrons. The number of halogens is 2. The van der Waals surface area contributed by atoms with E-state index in [4.69, 9.17) is 4.74 Å². The monoisotopic (exact) mass is 450 g/mol. The van der Waals surface area contributed by atoms with E-state index in [9.17, 15) is 18.7 Å². The molecule has 3 aliphatic rings. The summed E-state index contributed by atoms with van der Waals surface area (Å²) < 4.78 is 33.6. The number of benzene rings is 1. The highest BCUT2D eigenvalue weighted by atomic mass is 19.3. The van der Waals surface area contributed by atoms with Crippen LogP contribution >= 0.6 is 0 Å². The van der Waals surface area contributed by atoms with Crippen LogP contribution < -0.4 is 9.64 Å². The smallest absolute Gasteiger partial charge is 0.336 e. The van der Waals surface area contributed by atoms with Crippen molar-refractivity contribution < 1.29 is 23.4 Å². The van der Waals surface area contributed by atoms with Gasteiger partial charge in [-0.05, 0) is 64.3 Å². The van der Waals surface area contributed by atoms with Gasteiger partial charge in [0.2, 0.25) is 5.92 Å². The topological polar surface area (TPSA) is 53.0 Å². The highest BCUT2D eigenvalue weighted by Gasteiger charge is 2.38. The molecule has 1 N–H and O–H groups in total. The zero-order valence-electron chi connectivity index (χ0n) is 19.3. The summed E-state index contributed by atoms with van der Waals surface area (Å²) in [7, 11) is 0. The van der Waals surface area contributed by atoms with Crippen molar-refractivity contribution in [2.24, 2.45) is 0 Å². The summed E-state index contributed by atoms with van der Waals surface area (Å²) in [6.07, 6.45) is 6.49. The SMILES string of the molecule is CCN(c1cc(O[C@H]2C[C@H](N3CCCCC3)C2)cc(C(=O)O)c1C)C1CCC(F)(F)CC1. The third kappa shape index (κ3) is 5.03. The molecule has 0 spiro atoms. The molecule has 32 heavy (non-hydrogen) atoms. The molecule has 5 nitrogen and oxygen atoms in total. The van der Waals surface area contributed by atoms with E-state index in [1.54, 1.807) is 13.0 Å². The van der Waals surface area contributed by atoms with Crippen molar-refractivity contribution in [2.75, 3.05) is 24.5 Å². The fourth-order valence-corrected chi connectivity index (χ4v) is 5.63. The minimum absolute atomic E-state index is 0.0117. The van der Waals surface area contributed by atoms with Gasteiger partial charge in [0.15, 0.2) is 0 Å². The summed E-state index contributed by atoms with van der Waals surface area (Å²) >= 11 is 0. The molecule has 0 aromatic heterocycles.